The molecule has 0 rings (SSSR count). The Morgan fingerprint density at radius 1 is 0.377 bits per heavy atom. The maximum Gasteiger partial charge on any atom is 0.306 e. The van der Waals surface area contributed by atoms with Crippen LogP contribution in [0.25, 0.3) is 0 Å². The molecule has 6 nitrogen and oxygen atoms in total. The van der Waals surface area contributed by atoms with Crippen molar-refractivity contribution in [2.45, 2.75) is 265 Å². The molecule has 0 aliphatic carbocycles. The summed E-state index contributed by atoms with van der Waals surface area (Å²) in [5, 5.41) is 0. The summed E-state index contributed by atoms with van der Waals surface area (Å²) in [5.41, 5.74) is 0. The predicted molar refractivity (Wildman–Crippen MR) is 224 cm³/mol. The maximum absolute atomic E-state index is 12.7. The summed E-state index contributed by atoms with van der Waals surface area (Å²) in [6, 6.07) is 0. The van der Waals surface area contributed by atoms with Crippen LogP contribution in [-0.4, -0.2) is 37.2 Å². The first-order valence-corrected chi connectivity index (χ1v) is 23.4. The lowest BCUT2D eigenvalue weighted by Gasteiger charge is -2.18. The van der Waals surface area contributed by atoms with E-state index in [-0.39, 0.29) is 31.1 Å². The molecule has 0 aromatic carbocycles. The van der Waals surface area contributed by atoms with E-state index in [2.05, 4.69) is 27.7 Å². The minimum atomic E-state index is -0.759. The number of esters is 3. The highest BCUT2D eigenvalue weighted by molar-refractivity contribution is 5.71. The zero-order chi connectivity index (χ0) is 38.9. The summed E-state index contributed by atoms with van der Waals surface area (Å²) >= 11 is 0. The van der Waals surface area contributed by atoms with Gasteiger partial charge in [0.05, 0.1) is 0 Å². The lowest BCUT2D eigenvalue weighted by Crippen LogP contribution is -2.30. The maximum atomic E-state index is 12.7. The molecule has 0 fully saturated rings. The van der Waals surface area contributed by atoms with Crippen LogP contribution >= 0.6 is 0 Å². The van der Waals surface area contributed by atoms with Crippen molar-refractivity contribution >= 4 is 17.9 Å². The van der Waals surface area contributed by atoms with E-state index in [0.29, 0.717) is 19.3 Å². The van der Waals surface area contributed by atoms with Crippen LogP contribution in [0.3, 0.4) is 0 Å². The summed E-state index contributed by atoms with van der Waals surface area (Å²) in [5.74, 6) is -0.0430. The lowest BCUT2D eigenvalue weighted by molar-refractivity contribution is -0.167. The van der Waals surface area contributed by atoms with Crippen molar-refractivity contribution in [2.24, 2.45) is 5.92 Å². The van der Waals surface area contributed by atoms with Crippen molar-refractivity contribution in [1.29, 1.82) is 0 Å². The van der Waals surface area contributed by atoms with Gasteiger partial charge in [-0.3, -0.25) is 14.4 Å². The molecule has 0 aromatic heterocycles. The van der Waals surface area contributed by atoms with E-state index in [0.717, 1.165) is 63.7 Å². The van der Waals surface area contributed by atoms with E-state index in [1.165, 1.54) is 154 Å². The van der Waals surface area contributed by atoms with Gasteiger partial charge in [0, 0.05) is 19.3 Å². The van der Waals surface area contributed by atoms with Gasteiger partial charge >= 0.3 is 17.9 Å². The molecule has 2 atom stereocenters. The monoisotopic (exact) mass is 751 g/mol. The van der Waals surface area contributed by atoms with Crippen molar-refractivity contribution in [3.8, 4) is 0 Å². The molecule has 53 heavy (non-hydrogen) atoms. The van der Waals surface area contributed by atoms with Gasteiger partial charge in [-0.15, -0.1) is 0 Å². The van der Waals surface area contributed by atoms with Crippen LogP contribution in [0.4, 0.5) is 0 Å². The van der Waals surface area contributed by atoms with Crippen LogP contribution in [0.5, 0.6) is 0 Å². The summed E-state index contributed by atoms with van der Waals surface area (Å²) in [7, 11) is 0. The van der Waals surface area contributed by atoms with Crippen LogP contribution in [0, 0.1) is 5.92 Å². The van der Waals surface area contributed by atoms with Crippen LogP contribution in [0.15, 0.2) is 0 Å². The molecule has 0 heterocycles. The summed E-state index contributed by atoms with van der Waals surface area (Å²) < 4.78 is 16.7. The summed E-state index contributed by atoms with van der Waals surface area (Å²) in [4.78, 5) is 37.7. The third kappa shape index (κ3) is 39.9. The fourth-order valence-corrected chi connectivity index (χ4v) is 6.95. The molecule has 0 aliphatic heterocycles. The molecule has 0 N–H and O–H groups in total. The van der Waals surface area contributed by atoms with Gasteiger partial charge in [-0.2, -0.15) is 0 Å². The quantitative estimate of drug-likeness (QED) is 0.0351. The van der Waals surface area contributed by atoms with Gasteiger partial charge in [0.15, 0.2) is 6.10 Å². The van der Waals surface area contributed by atoms with Crippen molar-refractivity contribution in [2.75, 3.05) is 13.2 Å². The van der Waals surface area contributed by atoms with Gasteiger partial charge in [-0.05, 0) is 25.2 Å². The standard InChI is InChI=1S/C47H90O6/c1-5-8-10-12-14-16-17-18-19-20-21-22-24-26-32-36-40-47(50)53-44(41-51-45(48)38-34-30-25-23-15-13-11-9-6-2)42-52-46(49)39-35-31-28-27-29-33-37-43(4)7-3/h43-44H,5-42H2,1-4H3/t43?,44-/m1/s1. The highest BCUT2D eigenvalue weighted by Crippen LogP contribution is 2.17. The van der Waals surface area contributed by atoms with Gasteiger partial charge < -0.3 is 14.2 Å². The number of hydrogen-bond acceptors (Lipinski definition) is 6. The first kappa shape index (κ1) is 51.4. The molecule has 0 saturated heterocycles. The molecule has 0 radical (unpaired) electrons. The molecule has 0 bridgehead atoms. The van der Waals surface area contributed by atoms with Gasteiger partial charge in [0.2, 0.25) is 0 Å². The average molecular weight is 751 g/mol. The van der Waals surface area contributed by atoms with Gasteiger partial charge in [-0.1, -0.05) is 220 Å². The first-order valence-electron chi connectivity index (χ1n) is 23.4. The van der Waals surface area contributed by atoms with Crippen molar-refractivity contribution in [3.63, 3.8) is 0 Å². The molecule has 0 saturated carbocycles. The second-order valence-electron chi connectivity index (χ2n) is 16.3. The Kier molecular flexibility index (Phi) is 40.3. The largest absolute Gasteiger partial charge is 0.462 e. The van der Waals surface area contributed by atoms with Crippen molar-refractivity contribution < 1.29 is 28.6 Å². The third-order valence-electron chi connectivity index (χ3n) is 10.9. The van der Waals surface area contributed by atoms with Crippen LogP contribution in [0.1, 0.15) is 259 Å². The van der Waals surface area contributed by atoms with Gasteiger partial charge in [0.25, 0.3) is 0 Å². The second kappa shape index (κ2) is 41.6. The molecule has 6 heteroatoms. The second-order valence-corrected chi connectivity index (χ2v) is 16.3. The van der Waals surface area contributed by atoms with E-state index in [1.807, 2.05) is 0 Å². The van der Waals surface area contributed by atoms with E-state index < -0.39 is 6.10 Å². The fourth-order valence-electron chi connectivity index (χ4n) is 6.95. The predicted octanol–water partition coefficient (Wildman–Crippen LogP) is 14.7. The number of rotatable bonds is 42. The minimum Gasteiger partial charge on any atom is -0.462 e. The summed E-state index contributed by atoms with van der Waals surface area (Å²) in [6.45, 7) is 8.96. The van der Waals surface area contributed by atoms with Crippen LogP contribution < -0.4 is 0 Å². The average Bonchev–Trinajstić information content (AvgIpc) is 3.15. The highest BCUT2D eigenvalue weighted by Gasteiger charge is 2.19. The lowest BCUT2D eigenvalue weighted by atomic mass is 10.00. The number of unbranched alkanes of at least 4 members (excludes halogenated alkanes) is 28. The Hall–Kier alpha value is -1.59. The smallest absolute Gasteiger partial charge is 0.306 e. The minimum absolute atomic E-state index is 0.0646. The van der Waals surface area contributed by atoms with Crippen molar-refractivity contribution in [1.82, 2.24) is 0 Å². The molecule has 314 valence electrons. The highest BCUT2D eigenvalue weighted by atomic mass is 16.6. The number of ether oxygens (including phenoxy) is 3. The van der Waals surface area contributed by atoms with Crippen molar-refractivity contribution in [3.05, 3.63) is 0 Å². The third-order valence-corrected chi connectivity index (χ3v) is 10.9. The SMILES string of the molecule is CCCCCCCCCCCCCCCCCCC(=O)O[C@H](COC(=O)CCCCCCCCCCC)COC(=O)CCCCCCCCC(C)CC. The molecule has 1 unspecified atom stereocenters. The molecular weight excluding hydrogens is 661 g/mol. The molecule has 0 amide bonds. The van der Waals surface area contributed by atoms with E-state index in [9.17, 15) is 14.4 Å². The number of carbonyl (C=O) groups is 3. The van der Waals surface area contributed by atoms with Gasteiger partial charge in [0.1, 0.15) is 13.2 Å². The Bertz CT molecular complexity index is 798. The van der Waals surface area contributed by atoms with E-state index in [1.54, 1.807) is 0 Å². The molecular formula is C47H90O6. The Morgan fingerprint density at radius 3 is 0.981 bits per heavy atom. The summed E-state index contributed by atoms with van der Waals surface area (Å²) in [6.07, 6.45) is 40.9. The normalized spacial score (nSPS) is 12.5. The van der Waals surface area contributed by atoms with Gasteiger partial charge in [-0.25, -0.2) is 0 Å². The number of carbonyl (C=O) groups excluding carboxylic acids is 3. The molecule has 0 aromatic rings. The first-order chi connectivity index (χ1) is 25.9. The Balaban J connectivity index is 4.29. The van der Waals surface area contributed by atoms with Crippen LogP contribution in [-0.2, 0) is 28.6 Å². The van der Waals surface area contributed by atoms with E-state index in [4.69, 9.17) is 14.2 Å². The van der Waals surface area contributed by atoms with Crippen LogP contribution in [0.2, 0.25) is 0 Å². The topological polar surface area (TPSA) is 78.9 Å². The Labute approximate surface area is 329 Å². The zero-order valence-corrected chi connectivity index (χ0v) is 36.0. The molecule has 0 aliphatic rings. The zero-order valence-electron chi connectivity index (χ0n) is 36.0. The number of hydrogen-bond donors (Lipinski definition) is 0. The van der Waals surface area contributed by atoms with E-state index >= 15 is 0 Å². The Morgan fingerprint density at radius 2 is 0.660 bits per heavy atom. The molecule has 0 spiro atoms. The fraction of sp³-hybridized carbons (Fsp3) is 0.936.